The minimum atomic E-state index is 0.639. The van der Waals surface area contributed by atoms with Crippen molar-refractivity contribution in [3.05, 3.63) is 53.4 Å². The summed E-state index contributed by atoms with van der Waals surface area (Å²) >= 11 is 0. The second-order valence-electron chi connectivity index (χ2n) is 8.50. The molecule has 0 aliphatic carbocycles. The standard InChI is InChI=1S/C24H33N5O2/c1-17-18(2)30-23(27-17)16-29-11-9-19(10-12-29)14-26-24(25-3)28(4)15-21-13-20-7-5-6-8-22(20)31-21/h5-8,13,19H,9-12,14-16H2,1-4H3,(H,25,26). The molecule has 31 heavy (non-hydrogen) atoms. The number of guanidine groups is 1. The van der Waals surface area contributed by atoms with Crippen LogP contribution in [0, 0.1) is 19.8 Å². The highest BCUT2D eigenvalue weighted by Crippen LogP contribution is 2.21. The molecule has 4 rings (SSSR count). The molecule has 0 radical (unpaired) electrons. The van der Waals surface area contributed by atoms with Crippen LogP contribution < -0.4 is 5.32 Å². The molecule has 1 fully saturated rings. The highest BCUT2D eigenvalue weighted by molar-refractivity contribution is 5.80. The van der Waals surface area contributed by atoms with Crippen LogP contribution in [0.3, 0.4) is 0 Å². The summed E-state index contributed by atoms with van der Waals surface area (Å²) in [4.78, 5) is 13.5. The van der Waals surface area contributed by atoms with Crippen LogP contribution in [0.4, 0.5) is 0 Å². The van der Waals surface area contributed by atoms with Crippen molar-refractivity contribution in [2.75, 3.05) is 33.7 Å². The van der Waals surface area contributed by atoms with E-state index in [1.54, 1.807) is 0 Å². The van der Waals surface area contributed by atoms with Crippen LogP contribution in [0.5, 0.6) is 0 Å². The fourth-order valence-electron chi connectivity index (χ4n) is 4.19. The maximum absolute atomic E-state index is 5.95. The van der Waals surface area contributed by atoms with E-state index < -0.39 is 0 Å². The number of rotatable bonds is 6. The Bertz CT molecular complexity index is 977. The van der Waals surface area contributed by atoms with E-state index in [0.29, 0.717) is 12.5 Å². The fourth-order valence-corrected chi connectivity index (χ4v) is 4.19. The lowest BCUT2D eigenvalue weighted by atomic mass is 9.97. The van der Waals surface area contributed by atoms with E-state index in [2.05, 4.69) is 37.2 Å². The summed E-state index contributed by atoms with van der Waals surface area (Å²) < 4.78 is 11.7. The molecule has 3 heterocycles. The van der Waals surface area contributed by atoms with E-state index >= 15 is 0 Å². The van der Waals surface area contributed by atoms with Crippen LogP contribution >= 0.6 is 0 Å². The molecule has 1 aliphatic rings. The number of furan rings is 1. The molecule has 3 aromatic rings. The quantitative estimate of drug-likeness (QED) is 0.478. The maximum Gasteiger partial charge on any atom is 0.208 e. The molecule has 0 saturated carbocycles. The van der Waals surface area contributed by atoms with Gasteiger partial charge in [0.25, 0.3) is 0 Å². The molecule has 0 spiro atoms. The van der Waals surface area contributed by atoms with Crippen molar-refractivity contribution in [3.8, 4) is 0 Å². The van der Waals surface area contributed by atoms with Crippen LogP contribution in [0.25, 0.3) is 11.0 Å². The molecule has 1 N–H and O–H groups in total. The van der Waals surface area contributed by atoms with E-state index in [1.165, 1.54) is 0 Å². The smallest absolute Gasteiger partial charge is 0.208 e. The zero-order chi connectivity index (χ0) is 21.8. The Kier molecular flexibility index (Phi) is 6.61. The number of oxazole rings is 1. The zero-order valence-corrected chi connectivity index (χ0v) is 19.0. The predicted octanol–water partition coefficient (Wildman–Crippen LogP) is 3.96. The van der Waals surface area contributed by atoms with Gasteiger partial charge in [0, 0.05) is 26.0 Å². The first-order valence-electron chi connectivity index (χ1n) is 11.1. The Morgan fingerprint density at radius 2 is 2.00 bits per heavy atom. The lowest BCUT2D eigenvalue weighted by Gasteiger charge is -2.32. The summed E-state index contributed by atoms with van der Waals surface area (Å²) in [5.74, 6) is 4.23. The summed E-state index contributed by atoms with van der Waals surface area (Å²) in [5, 5.41) is 4.69. The highest BCUT2D eigenvalue weighted by atomic mass is 16.4. The Labute approximate surface area is 184 Å². The molecule has 1 aromatic carbocycles. The van der Waals surface area contributed by atoms with Crippen LogP contribution in [0.15, 0.2) is 44.2 Å². The molecular formula is C24H33N5O2. The lowest BCUT2D eigenvalue weighted by Crippen LogP contribution is -2.43. The van der Waals surface area contributed by atoms with Crippen molar-refractivity contribution < 1.29 is 8.83 Å². The van der Waals surface area contributed by atoms with Gasteiger partial charge in [-0.3, -0.25) is 9.89 Å². The van der Waals surface area contributed by atoms with Crippen molar-refractivity contribution in [1.82, 2.24) is 20.1 Å². The molecule has 7 heteroatoms. The fraction of sp³-hybridized carbons (Fsp3) is 0.500. The van der Waals surface area contributed by atoms with Crippen molar-refractivity contribution in [2.45, 2.75) is 39.8 Å². The van der Waals surface area contributed by atoms with E-state index in [9.17, 15) is 0 Å². The van der Waals surface area contributed by atoms with Gasteiger partial charge < -0.3 is 19.1 Å². The van der Waals surface area contributed by atoms with Crippen LogP contribution in [-0.2, 0) is 13.1 Å². The van der Waals surface area contributed by atoms with Crippen LogP contribution in [0.2, 0.25) is 0 Å². The maximum atomic E-state index is 5.95. The summed E-state index contributed by atoms with van der Waals surface area (Å²) in [5.41, 5.74) is 1.92. The number of fused-ring (bicyclic) bond motifs is 1. The van der Waals surface area contributed by atoms with Gasteiger partial charge in [-0.1, -0.05) is 18.2 Å². The van der Waals surface area contributed by atoms with E-state index in [1.807, 2.05) is 46.1 Å². The van der Waals surface area contributed by atoms with Crippen LogP contribution in [0.1, 0.15) is 35.9 Å². The first-order valence-corrected chi connectivity index (χ1v) is 11.1. The molecule has 7 nitrogen and oxygen atoms in total. The third kappa shape index (κ3) is 5.28. The highest BCUT2D eigenvalue weighted by Gasteiger charge is 2.21. The molecule has 2 aromatic heterocycles. The first-order chi connectivity index (χ1) is 15.0. The third-order valence-corrected chi connectivity index (χ3v) is 6.13. The molecule has 0 unspecified atom stereocenters. The number of hydrogen-bond acceptors (Lipinski definition) is 5. The van der Waals surface area contributed by atoms with Crippen LogP contribution in [-0.4, -0.2) is 54.5 Å². The van der Waals surface area contributed by atoms with E-state index in [4.69, 9.17) is 8.83 Å². The van der Waals surface area contributed by atoms with E-state index in [0.717, 1.165) is 79.1 Å². The number of para-hydroxylation sites is 1. The Hall–Kier alpha value is -2.80. The van der Waals surface area contributed by atoms with Crippen molar-refractivity contribution in [1.29, 1.82) is 0 Å². The van der Waals surface area contributed by atoms with Gasteiger partial charge in [-0.25, -0.2) is 4.98 Å². The number of piperidine rings is 1. The number of aromatic nitrogens is 1. The SMILES string of the molecule is CN=C(NCC1CCN(Cc2nc(C)c(C)o2)CC1)N(C)Cc1cc2ccccc2o1. The largest absolute Gasteiger partial charge is 0.459 e. The number of hydrogen-bond donors (Lipinski definition) is 1. The normalized spacial score (nSPS) is 16.2. The minimum Gasteiger partial charge on any atom is -0.459 e. The molecule has 1 saturated heterocycles. The Balaban J connectivity index is 1.23. The van der Waals surface area contributed by atoms with Gasteiger partial charge >= 0.3 is 0 Å². The molecule has 0 amide bonds. The molecule has 166 valence electrons. The second-order valence-corrected chi connectivity index (χ2v) is 8.50. The third-order valence-electron chi connectivity index (χ3n) is 6.13. The number of nitrogens with zero attached hydrogens (tertiary/aromatic N) is 4. The van der Waals surface area contributed by atoms with Gasteiger partial charge in [0.1, 0.15) is 17.1 Å². The second kappa shape index (κ2) is 9.56. The number of aliphatic imine (C=N–C) groups is 1. The first kappa shape index (κ1) is 21.4. The van der Waals surface area contributed by atoms with Gasteiger partial charge in [0.15, 0.2) is 5.96 Å². The summed E-state index contributed by atoms with van der Waals surface area (Å²) in [6, 6.07) is 10.2. The molecule has 1 aliphatic heterocycles. The van der Waals surface area contributed by atoms with Gasteiger partial charge in [-0.2, -0.15) is 0 Å². The van der Waals surface area contributed by atoms with E-state index in [-0.39, 0.29) is 0 Å². The summed E-state index contributed by atoms with van der Waals surface area (Å²) in [6.45, 7) is 8.53. The molecule has 0 atom stereocenters. The topological polar surface area (TPSA) is 70.0 Å². The number of likely N-dealkylation sites (tertiary alicyclic amines) is 1. The summed E-state index contributed by atoms with van der Waals surface area (Å²) in [7, 11) is 3.88. The van der Waals surface area contributed by atoms with Gasteiger partial charge in [0.05, 0.1) is 18.8 Å². The zero-order valence-electron chi connectivity index (χ0n) is 19.0. The predicted molar refractivity (Wildman–Crippen MR) is 123 cm³/mol. The van der Waals surface area contributed by atoms with Crippen molar-refractivity contribution in [2.24, 2.45) is 10.9 Å². The van der Waals surface area contributed by atoms with Gasteiger partial charge in [0.2, 0.25) is 5.89 Å². The Morgan fingerprint density at radius 3 is 2.68 bits per heavy atom. The van der Waals surface area contributed by atoms with Crippen molar-refractivity contribution in [3.63, 3.8) is 0 Å². The number of nitrogens with one attached hydrogen (secondary N) is 1. The van der Waals surface area contributed by atoms with Gasteiger partial charge in [-0.15, -0.1) is 0 Å². The Morgan fingerprint density at radius 1 is 1.23 bits per heavy atom. The monoisotopic (exact) mass is 423 g/mol. The average Bonchev–Trinajstić information content (AvgIpc) is 3.31. The lowest BCUT2D eigenvalue weighted by molar-refractivity contribution is 0.163. The van der Waals surface area contributed by atoms with Gasteiger partial charge in [-0.05, 0) is 57.8 Å². The summed E-state index contributed by atoms with van der Waals surface area (Å²) in [6.07, 6.45) is 2.33. The average molecular weight is 424 g/mol. The molecular weight excluding hydrogens is 390 g/mol. The molecule has 0 bridgehead atoms. The number of benzene rings is 1. The number of aryl methyl sites for hydroxylation is 2. The minimum absolute atomic E-state index is 0.639. The van der Waals surface area contributed by atoms with Crippen molar-refractivity contribution >= 4 is 16.9 Å².